The van der Waals surface area contributed by atoms with Crippen molar-refractivity contribution in [3.05, 3.63) is 64.1 Å². The fraction of sp³-hybridized carbons (Fsp3) is 0.292. The fourth-order valence-electron chi connectivity index (χ4n) is 3.80. The normalized spacial score (nSPS) is 14.0. The van der Waals surface area contributed by atoms with E-state index >= 15 is 0 Å². The number of rotatable bonds is 6. The van der Waals surface area contributed by atoms with Gasteiger partial charge >= 0.3 is 5.97 Å². The number of carbonyl (C=O) groups excluding carboxylic acids is 2. The Morgan fingerprint density at radius 1 is 1.21 bits per heavy atom. The Hall–Kier alpha value is -3.39. The van der Waals surface area contributed by atoms with E-state index in [0.29, 0.717) is 22.2 Å². The zero-order valence-electron chi connectivity index (χ0n) is 18.6. The summed E-state index contributed by atoms with van der Waals surface area (Å²) in [4.78, 5) is 38.0. The second-order valence-electron chi connectivity index (χ2n) is 8.17. The van der Waals surface area contributed by atoms with Gasteiger partial charge in [-0.1, -0.05) is 18.5 Å². The smallest absolute Gasteiger partial charge is 0.329 e. The molecule has 174 valence electrons. The number of aromatic hydroxyl groups is 1. The molecule has 3 rings (SSSR count). The molecule has 7 nitrogen and oxygen atoms in total. The largest absolute Gasteiger partial charge is 0.508 e. The molecule has 1 aromatic heterocycles. The number of carboxylic acids is 1. The van der Waals surface area contributed by atoms with Gasteiger partial charge in [-0.2, -0.15) is 0 Å². The molecule has 1 amide bonds. The van der Waals surface area contributed by atoms with Crippen LogP contribution in [0.15, 0.2) is 36.4 Å². The van der Waals surface area contributed by atoms with E-state index in [1.807, 2.05) is 0 Å². The van der Waals surface area contributed by atoms with Crippen LogP contribution in [0, 0.1) is 12.7 Å². The molecule has 0 aliphatic carbocycles. The number of halogens is 2. The van der Waals surface area contributed by atoms with Gasteiger partial charge in [0.2, 0.25) is 5.91 Å². The number of carboxylic acid groups (broad SMARTS) is 1. The Kier molecular flexibility index (Phi) is 6.51. The lowest BCUT2D eigenvalue weighted by Gasteiger charge is -2.26. The number of fused-ring (bicyclic) bond motifs is 1. The summed E-state index contributed by atoms with van der Waals surface area (Å²) >= 11 is 5.74. The molecule has 0 fully saturated rings. The van der Waals surface area contributed by atoms with E-state index < -0.39 is 35.1 Å². The average Bonchev–Trinajstić information content (AvgIpc) is 3.04. The van der Waals surface area contributed by atoms with Gasteiger partial charge in [0.25, 0.3) is 5.91 Å². The number of amides is 1. The van der Waals surface area contributed by atoms with E-state index in [0.717, 1.165) is 6.07 Å². The Morgan fingerprint density at radius 2 is 1.88 bits per heavy atom. The first-order chi connectivity index (χ1) is 15.4. The molecule has 33 heavy (non-hydrogen) atoms. The fourth-order valence-corrected chi connectivity index (χ4v) is 3.92. The van der Waals surface area contributed by atoms with Crippen molar-refractivity contribution < 1.29 is 29.0 Å². The minimum absolute atomic E-state index is 0.0538. The van der Waals surface area contributed by atoms with Crippen molar-refractivity contribution in [1.82, 2.24) is 9.88 Å². The Labute approximate surface area is 194 Å². The number of nitrogens with one attached hydrogen (secondary N) is 1. The summed E-state index contributed by atoms with van der Waals surface area (Å²) < 4.78 is 15.3. The quantitative estimate of drug-likeness (QED) is 0.483. The maximum atomic E-state index is 14.0. The number of carbonyl (C=O) groups is 3. The number of aromatic nitrogens is 1. The second kappa shape index (κ2) is 8.86. The van der Waals surface area contributed by atoms with E-state index in [9.17, 15) is 29.0 Å². The maximum absolute atomic E-state index is 14.0. The molecule has 0 spiro atoms. The standard InChI is InChI=1S/C24H24ClFN2O5/c1-5-24(4,23(32)33)27-21(30)12(2)20-13(3)28(19-9-7-15(29)11-16(19)20)22(31)14-6-8-17(25)18(26)10-14/h6-12,29H,5H2,1-4H3,(H,27,30)(H,32,33)/t12-,24?/m1/s1. The minimum atomic E-state index is -1.46. The van der Waals surface area contributed by atoms with Gasteiger partial charge in [0.1, 0.15) is 17.1 Å². The summed E-state index contributed by atoms with van der Waals surface area (Å²) in [5, 5.41) is 22.5. The zero-order chi connectivity index (χ0) is 24.7. The van der Waals surface area contributed by atoms with Gasteiger partial charge in [-0.25, -0.2) is 9.18 Å². The van der Waals surface area contributed by atoms with Crippen molar-refractivity contribution >= 4 is 40.3 Å². The van der Waals surface area contributed by atoms with Gasteiger partial charge < -0.3 is 15.5 Å². The summed E-state index contributed by atoms with van der Waals surface area (Å²) in [6, 6.07) is 8.08. The molecule has 9 heteroatoms. The second-order valence-corrected chi connectivity index (χ2v) is 8.58. The van der Waals surface area contributed by atoms with Crippen molar-refractivity contribution in [3.63, 3.8) is 0 Å². The lowest BCUT2D eigenvalue weighted by Crippen LogP contribution is -2.52. The molecule has 2 aromatic carbocycles. The third-order valence-corrected chi connectivity index (χ3v) is 6.32. The topological polar surface area (TPSA) is 109 Å². The molecule has 3 N–H and O–H groups in total. The van der Waals surface area contributed by atoms with Crippen LogP contribution in [0.3, 0.4) is 0 Å². The lowest BCUT2D eigenvalue weighted by atomic mass is 9.93. The average molecular weight is 475 g/mol. The first-order valence-corrected chi connectivity index (χ1v) is 10.7. The van der Waals surface area contributed by atoms with Crippen LogP contribution in [0.25, 0.3) is 10.9 Å². The van der Waals surface area contributed by atoms with Crippen LogP contribution < -0.4 is 5.32 Å². The number of benzene rings is 2. The molecule has 1 heterocycles. The monoisotopic (exact) mass is 474 g/mol. The van der Waals surface area contributed by atoms with Crippen molar-refractivity contribution in [3.8, 4) is 5.75 Å². The highest BCUT2D eigenvalue weighted by atomic mass is 35.5. The van der Waals surface area contributed by atoms with Crippen molar-refractivity contribution in [1.29, 1.82) is 0 Å². The summed E-state index contributed by atoms with van der Waals surface area (Å²) in [7, 11) is 0. The minimum Gasteiger partial charge on any atom is -0.508 e. The third-order valence-electron chi connectivity index (χ3n) is 6.01. The number of nitrogens with zero attached hydrogens (tertiary/aromatic N) is 1. The van der Waals surface area contributed by atoms with Crippen LogP contribution in [-0.2, 0) is 9.59 Å². The van der Waals surface area contributed by atoms with Crippen LogP contribution >= 0.6 is 11.6 Å². The summed E-state index contributed by atoms with van der Waals surface area (Å²) in [5.74, 6) is -3.91. The van der Waals surface area contributed by atoms with Crippen LogP contribution in [0.2, 0.25) is 5.02 Å². The van der Waals surface area contributed by atoms with Gasteiger partial charge in [0.05, 0.1) is 16.5 Å². The summed E-state index contributed by atoms with van der Waals surface area (Å²) in [6.45, 7) is 6.30. The Morgan fingerprint density at radius 3 is 2.45 bits per heavy atom. The Balaban J connectivity index is 2.15. The van der Waals surface area contributed by atoms with Crippen molar-refractivity contribution in [2.24, 2.45) is 0 Å². The highest BCUT2D eigenvalue weighted by Crippen LogP contribution is 2.35. The predicted molar refractivity (Wildman–Crippen MR) is 122 cm³/mol. The van der Waals surface area contributed by atoms with Gasteiger partial charge in [-0.05, 0) is 69.2 Å². The SMILES string of the molecule is CCC(C)(NC(=O)[C@H](C)c1c(C)n(C(=O)c2ccc(Cl)c(F)c2)c2ccc(O)cc12)C(=O)O. The van der Waals surface area contributed by atoms with Crippen LogP contribution in [0.5, 0.6) is 5.75 Å². The van der Waals surface area contributed by atoms with Crippen LogP contribution in [-0.4, -0.2) is 38.1 Å². The van der Waals surface area contributed by atoms with Crippen LogP contribution in [0.1, 0.15) is 54.7 Å². The number of hydrogen-bond donors (Lipinski definition) is 3. The number of phenolic OH excluding ortho intramolecular Hbond substituents is 1. The Bertz CT molecular complexity index is 1290. The van der Waals surface area contributed by atoms with Crippen molar-refractivity contribution in [2.45, 2.75) is 45.6 Å². The molecule has 0 saturated carbocycles. The number of phenols is 1. The van der Waals surface area contributed by atoms with Gasteiger partial charge in [-0.15, -0.1) is 0 Å². The highest BCUT2D eigenvalue weighted by molar-refractivity contribution is 6.30. The summed E-state index contributed by atoms with van der Waals surface area (Å²) in [5.41, 5.74) is -0.136. The highest BCUT2D eigenvalue weighted by Gasteiger charge is 2.36. The first kappa shape index (κ1) is 24.3. The van der Waals surface area contributed by atoms with E-state index in [1.165, 1.54) is 41.8 Å². The predicted octanol–water partition coefficient (Wildman–Crippen LogP) is 4.61. The van der Waals surface area contributed by atoms with E-state index in [-0.39, 0.29) is 22.8 Å². The molecular formula is C24H24ClFN2O5. The molecule has 0 saturated heterocycles. The first-order valence-electron chi connectivity index (χ1n) is 10.3. The van der Waals surface area contributed by atoms with Gasteiger partial charge in [0.15, 0.2) is 0 Å². The van der Waals surface area contributed by atoms with Gasteiger partial charge in [0, 0.05) is 16.6 Å². The van der Waals surface area contributed by atoms with Crippen molar-refractivity contribution in [2.75, 3.05) is 0 Å². The van der Waals surface area contributed by atoms with E-state index in [1.54, 1.807) is 20.8 Å². The van der Waals surface area contributed by atoms with Crippen LogP contribution in [0.4, 0.5) is 4.39 Å². The lowest BCUT2D eigenvalue weighted by molar-refractivity contribution is -0.147. The third kappa shape index (κ3) is 4.30. The van der Waals surface area contributed by atoms with E-state index in [2.05, 4.69) is 5.32 Å². The molecule has 0 aliphatic heterocycles. The molecular weight excluding hydrogens is 451 g/mol. The molecule has 1 unspecified atom stereocenters. The zero-order valence-corrected chi connectivity index (χ0v) is 19.3. The van der Waals surface area contributed by atoms with E-state index in [4.69, 9.17) is 11.6 Å². The molecule has 0 bridgehead atoms. The molecule has 0 aliphatic rings. The number of hydrogen-bond acceptors (Lipinski definition) is 4. The maximum Gasteiger partial charge on any atom is 0.329 e. The molecule has 0 radical (unpaired) electrons. The van der Waals surface area contributed by atoms with Gasteiger partial charge in [-0.3, -0.25) is 14.2 Å². The summed E-state index contributed by atoms with van der Waals surface area (Å²) in [6.07, 6.45) is 0.170. The molecule has 2 atom stereocenters. The number of aliphatic carboxylic acids is 1. The molecule has 3 aromatic rings.